The van der Waals surface area contributed by atoms with Crippen LogP contribution in [0.5, 0.6) is 0 Å². The van der Waals surface area contributed by atoms with E-state index in [1.54, 1.807) is 16.3 Å². The Morgan fingerprint density at radius 1 is 1.26 bits per heavy atom. The maximum Gasteiger partial charge on any atom is 0.262 e. The SMILES string of the molecule is CC(C)CCn1c(=O)c2ccccc2n2c(SC[C@H]3CCCCO3)nnc12. The summed E-state index contributed by atoms with van der Waals surface area (Å²) in [5, 5.41) is 10.3. The molecule has 1 saturated heterocycles. The monoisotopic (exact) mass is 386 g/mol. The fourth-order valence-electron chi connectivity index (χ4n) is 3.52. The van der Waals surface area contributed by atoms with Gasteiger partial charge in [0.2, 0.25) is 5.78 Å². The van der Waals surface area contributed by atoms with Gasteiger partial charge in [-0.3, -0.25) is 13.8 Å². The number of hydrogen-bond acceptors (Lipinski definition) is 5. The summed E-state index contributed by atoms with van der Waals surface area (Å²) in [5.74, 6) is 2.01. The van der Waals surface area contributed by atoms with Gasteiger partial charge in [0.1, 0.15) is 0 Å². The molecule has 1 aliphatic heterocycles. The normalized spacial score (nSPS) is 18.0. The summed E-state index contributed by atoms with van der Waals surface area (Å²) in [6, 6.07) is 7.73. The van der Waals surface area contributed by atoms with E-state index in [1.165, 1.54) is 6.42 Å². The molecule has 0 N–H and O–H groups in total. The zero-order chi connectivity index (χ0) is 18.8. The highest BCUT2D eigenvalue weighted by Gasteiger charge is 2.19. The van der Waals surface area contributed by atoms with Crippen LogP contribution >= 0.6 is 11.8 Å². The van der Waals surface area contributed by atoms with Crippen molar-refractivity contribution >= 4 is 28.4 Å². The lowest BCUT2D eigenvalue weighted by atomic mass is 10.1. The zero-order valence-corrected chi connectivity index (χ0v) is 16.7. The van der Waals surface area contributed by atoms with Gasteiger partial charge in [0.15, 0.2) is 5.16 Å². The highest BCUT2D eigenvalue weighted by atomic mass is 32.2. The molecule has 0 radical (unpaired) electrons. The molecule has 0 amide bonds. The van der Waals surface area contributed by atoms with E-state index < -0.39 is 0 Å². The Hall–Kier alpha value is -1.86. The maximum absolute atomic E-state index is 13.0. The van der Waals surface area contributed by atoms with Gasteiger partial charge in [-0.1, -0.05) is 37.7 Å². The van der Waals surface area contributed by atoms with Crippen molar-refractivity contribution in [3.8, 4) is 0 Å². The van der Waals surface area contributed by atoms with Crippen LogP contribution in [0.4, 0.5) is 0 Å². The number of aryl methyl sites for hydroxylation is 1. The van der Waals surface area contributed by atoms with Crippen molar-refractivity contribution in [1.29, 1.82) is 0 Å². The Labute approximate surface area is 162 Å². The van der Waals surface area contributed by atoms with E-state index >= 15 is 0 Å². The van der Waals surface area contributed by atoms with Crippen LogP contribution in [0.15, 0.2) is 34.2 Å². The second-order valence-electron chi connectivity index (χ2n) is 7.57. The van der Waals surface area contributed by atoms with Crippen molar-refractivity contribution in [2.75, 3.05) is 12.4 Å². The smallest absolute Gasteiger partial charge is 0.262 e. The van der Waals surface area contributed by atoms with E-state index in [1.807, 2.05) is 28.7 Å². The highest BCUT2D eigenvalue weighted by Crippen LogP contribution is 2.25. The second-order valence-corrected chi connectivity index (χ2v) is 8.56. The Bertz CT molecular complexity index is 989. The van der Waals surface area contributed by atoms with Gasteiger partial charge >= 0.3 is 0 Å². The largest absolute Gasteiger partial charge is 0.377 e. The highest BCUT2D eigenvalue weighted by molar-refractivity contribution is 7.99. The number of aromatic nitrogens is 4. The van der Waals surface area contributed by atoms with Crippen LogP contribution in [0.1, 0.15) is 39.5 Å². The van der Waals surface area contributed by atoms with Gasteiger partial charge in [-0.25, -0.2) is 0 Å². The van der Waals surface area contributed by atoms with Crippen molar-refractivity contribution in [3.63, 3.8) is 0 Å². The molecule has 144 valence electrons. The Morgan fingerprint density at radius 3 is 2.89 bits per heavy atom. The van der Waals surface area contributed by atoms with Gasteiger partial charge < -0.3 is 4.74 Å². The average Bonchev–Trinajstić information content (AvgIpc) is 3.11. The number of rotatable bonds is 6. The lowest BCUT2D eigenvalue weighted by molar-refractivity contribution is 0.0315. The molecule has 1 fully saturated rings. The maximum atomic E-state index is 13.0. The fourth-order valence-corrected chi connectivity index (χ4v) is 4.53. The predicted octanol–water partition coefficient (Wildman–Crippen LogP) is 3.75. The summed E-state index contributed by atoms with van der Waals surface area (Å²) in [7, 11) is 0. The molecule has 2 aromatic heterocycles. The third-order valence-corrected chi connectivity index (χ3v) is 6.14. The van der Waals surface area contributed by atoms with Gasteiger partial charge in [0.25, 0.3) is 5.56 Å². The van der Waals surface area contributed by atoms with Crippen LogP contribution in [-0.2, 0) is 11.3 Å². The first kappa shape index (κ1) is 18.5. The summed E-state index contributed by atoms with van der Waals surface area (Å²) in [5.41, 5.74) is 0.883. The minimum Gasteiger partial charge on any atom is -0.377 e. The molecule has 6 nitrogen and oxygen atoms in total. The molecular weight excluding hydrogens is 360 g/mol. The van der Waals surface area contributed by atoms with E-state index in [9.17, 15) is 4.79 Å². The molecule has 0 spiro atoms. The zero-order valence-electron chi connectivity index (χ0n) is 15.9. The second kappa shape index (κ2) is 8.02. The van der Waals surface area contributed by atoms with Crippen LogP contribution in [0.25, 0.3) is 16.7 Å². The number of ether oxygens (including phenoxy) is 1. The number of benzene rings is 1. The molecule has 27 heavy (non-hydrogen) atoms. The predicted molar refractivity (Wildman–Crippen MR) is 109 cm³/mol. The third kappa shape index (κ3) is 3.75. The molecule has 0 bridgehead atoms. The standard InChI is InChI=1S/C20H26N4O2S/c1-14(2)10-11-23-18(25)16-8-3-4-9-17(16)24-19(23)21-22-20(24)27-13-15-7-5-6-12-26-15/h3-4,8-9,14-15H,5-7,10-13H2,1-2H3/t15-/m1/s1. The molecule has 0 unspecified atom stereocenters. The van der Waals surface area contributed by atoms with Crippen LogP contribution in [0.3, 0.4) is 0 Å². The van der Waals surface area contributed by atoms with Gasteiger partial charge in [-0.15, -0.1) is 10.2 Å². The van der Waals surface area contributed by atoms with Crippen molar-refractivity contribution in [2.24, 2.45) is 5.92 Å². The van der Waals surface area contributed by atoms with E-state index in [0.29, 0.717) is 23.6 Å². The minimum absolute atomic E-state index is 0.0123. The van der Waals surface area contributed by atoms with Crippen molar-refractivity contribution < 1.29 is 4.74 Å². The molecule has 3 aromatic rings. The van der Waals surface area contributed by atoms with Gasteiger partial charge in [-0.2, -0.15) is 0 Å². The Balaban J connectivity index is 1.76. The summed E-state index contributed by atoms with van der Waals surface area (Å²) >= 11 is 1.67. The third-order valence-electron chi connectivity index (χ3n) is 5.08. The molecule has 0 saturated carbocycles. The number of fused-ring (bicyclic) bond motifs is 3. The van der Waals surface area contributed by atoms with E-state index in [2.05, 4.69) is 24.0 Å². The van der Waals surface area contributed by atoms with E-state index in [0.717, 1.165) is 42.3 Å². The number of thioether (sulfide) groups is 1. The van der Waals surface area contributed by atoms with Gasteiger partial charge in [0.05, 0.1) is 17.0 Å². The van der Waals surface area contributed by atoms with Gasteiger partial charge in [-0.05, 0) is 43.7 Å². The number of nitrogens with zero attached hydrogens (tertiary/aromatic N) is 4. The van der Waals surface area contributed by atoms with Crippen LogP contribution in [0, 0.1) is 5.92 Å². The first-order chi connectivity index (χ1) is 13.1. The quantitative estimate of drug-likeness (QED) is 0.604. The van der Waals surface area contributed by atoms with Crippen LogP contribution in [-0.4, -0.2) is 37.6 Å². The van der Waals surface area contributed by atoms with Crippen molar-refractivity contribution in [2.45, 2.75) is 57.3 Å². The Morgan fingerprint density at radius 2 is 2.11 bits per heavy atom. The number of hydrogen-bond donors (Lipinski definition) is 0. The minimum atomic E-state index is 0.0123. The van der Waals surface area contributed by atoms with Crippen molar-refractivity contribution in [1.82, 2.24) is 19.2 Å². The van der Waals surface area contributed by atoms with Gasteiger partial charge in [0, 0.05) is 18.9 Å². The lowest BCUT2D eigenvalue weighted by Crippen LogP contribution is -2.24. The molecular formula is C20H26N4O2S. The molecule has 1 aromatic carbocycles. The first-order valence-corrected chi connectivity index (χ1v) is 10.7. The number of para-hydroxylation sites is 1. The molecule has 1 aliphatic rings. The Kier molecular flexibility index (Phi) is 5.50. The van der Waals surface area contributed by atoms with Crippen LogP contribution < -0.4 is 5.56 Å². The van der Waals surface area contributed by atoms with E-state index in [4.69, 9.17) is 4.74 Å². The van der Waals surface area contributed by atoms with Crippen LogP contribution in [0.2, 0.25) is 0 Å². The molecule has 0 aliphatic carbocycles. The molecule has 3 heterocycles. The first-order valence-electron chi connectivity index (χ1n) is 9.76. The summed E-state index contributed by atoms with van der Waals surface area (Å²) in [6.45, 7) is 5.83. The van der Waals surface area contributed by atoms with E-state index in [-0.39, 0.29) is 11.7 Å². The lowest BCUT2D eigenvalue weighted by Gasteiger charge is -2.21. The summed E-state index contributed by atoms with van der Waals surface area (Å²) in [6.07, 6.45) is 4.68. The average molecular weight is 387 g/mol. The van der Waals surface area contributed by atoms with Crippen molar-refractivity contribution in [3.05, 3.63) is 34.6 Å². The molecule has 7 heteroatoms. The summed E-state index contributed by atoms with van der Waals surface area (Å²) in [4.78, 5) is 13.0. The topological polar surface area (TPSA) is 61.4 Å². The molecule has 4 rings (SSSR count). The molecule has 1 atom stereocenters. The fraction of sp³-hybridized carbons (Fsp3) is 0.550. The summed E-state index contributed by atoms with van der Waals surface area (Å²) < 4.78 is 9.66.